The van der Waals surface area contributed by atoms with E-state index in [0.717, 1.165) is 5.56 Å². The zero-order valence-electron chi connectivity index (χ0n) is 9.89. The van der Waals surface area contributed by atoms with E-state index in [-0.39, 0.29) is 6.54 Å². The fourth-order valence-corrected chi connectivity index (χ4v) is 1.67. The third-order valence-electron chi connectivity index (χ3n) is 2.53. The number of nitrogens with two attached hydrogens (primary N) is 3. The third kappa shape index (κ3) is 3.29. The predicted octanol–water partition coefficient (Wildman–Crippen LogP) is -0.211. The van der Waals surface area contributed by atoms with Gasteiger partial charge in [0.25, 0.3) is 0 Å². The molecule has 17 heavy (non-hydrogen) atoms. The minimum absolute atomic E-state index is 0.0335. The summed E-state index contributed by atoms with van der Waals surface area (Å²) < 4.78 is 0. The lowest BCUT2D eigenvalue weighted by Gasteiger charge is -2.25. The lowest BCUT2D eigenvalue weighted by molar-refractivity contribution is -0.122. The molecule has 0 bridgehead atoms. The van der Waals surface area contributed by atoms with Gasteiger partial charge in [0.05, 0.1) is 5.84 Å². The van der Waals surface area contributed by atoms with E-state index in [2.05, 4.69) is 4.99 Å². The minimum atomic E-state index is -1.15. The molecule has 6 N–H and O–H groups in total. The van der Waals surface area contributed by atoms with Crippen molar-refractivity contribution in [1.82, 2.24) is 0 Å². The normalized spacial score (nSPS) is 15.3. The van der Waals surface area contributed by atoms with Gasteiger partial charge in [0, 0.05) is 13.0 Å². The zero-order chi connectivity index (χ0) is 12.9. The summed E-state index contributed by atoms with van der Waals surface area (Å²) in [5, 5.41) is 0. The molecule has 5 nitrogen and oxygen atoms in total. The summed E-state index contributed by atoms with van der Waals surface area (Å²) in [7, 11) is 0. The molecule has 0 saturated carbocycles. The molecule has 0 saturated heterocycles. The van der Waals surface area contributed by atoms with Crippen LogP contribution in [0.5, 0.6) is 0 Å². The first kappa shape index (κ1) is 13.2. The first-order chi connectivity index (χ1) is 8.00. The Kier molecular flexibility index (Phi) is 4.23. The van der Waals surface area contributed by atoms with Crippen molar-refractivity contribution in [3.63, 3.8) is 0 Å². The number of rotatable bonds is 5. The second-order valence-electron chi connectivity index (χ2n) is 4.02. The number of aliphatic imine (C=N–C) groups is 1. The van der Waals surface area contributed by atoms with Gasteiger partial charge in [-0.25, -0.2) is 0 Å². The van der Waals surface area contributed by atoms with E-state index >= 15 is 0 Å². The summed E-state index contributed by atoms with van der Waals surface area (Å²) in [6, 6.07) is 9.46. The first-order valence-electron chi connectivity index (χ1n) is 5.36. The van der Waals surface area contributed by atoms with Gasteiger partial charge in [-0.2, -0.15) is 0 Å². The minimum Gasteiger partial charge on any atom is -0.388 e. The Labute approximate surface area is 101 Å². The van der Waals surface area contributed by atoms with Crippen molar-refractivity contribution < 1.29 is 4.79 Å². The molecule has 1 aromatic rings. The molecule has 92 valence electrons. The number of amides is 1. The molecule has 1 amide bonds. The van der Waals surface area contributed by atoms with Crippen LogP contribution in [0.25, 0.3) is 0 Å². The number of hydrogen-bond donors (Lipinski definition) is 3. The maximum absolute atomic E-state index is 11.6. The smallest absolute Gasteiger partial charge is 0.247 e. The number of hydrogen-bond acceptors (Lipinski definition) is 3. The summed E-state index contributed by atoms with van der Waals surface area (Å²) in [6.07, 6.45) is 0.355. The Morgan fingerprint density at radius 2 is 1.88 bits per heavy atom. The first-order valence-corrected chi connectivity index (χ1v) is 5.36. The fraction of sp³-hybridized carbons (Fsp3) is 0.333. The second kappa shape index (κ2) is 5.45. The number of benzene rings is 1. The highest BCUT2D eigenvalue weighted by atomic mass is 16.1. The Hall–Kier alpha value is -1.88. The molecule has 0 aromatic heterocycles. The van der Waals surface area contributed by atoms with E-state index in [1.807, 2.05) is 30.3 Å². The standard InChI is InChI=1S/C12H18N4O/c1-9(14)16-12(8-13,11(15)17)7-10-5-3-2-4-6-10/h2-6H,7-8,13H2,1H3,(H2,14,16)(H2,15,17). The summed E-state index contributed by atoms with van der Waals surface area (Å²) >= 11 is 0. The van der Waals surface area contributed by atoms with Gasteiger partial charge in [0.2, 0.25) is 5.91 Å². The monoisotopic (exact) mass is 234 g/mol. The molecule has 0 heterocycles. The maximum Gasteiger partial charge on any atom is 0.247 e. The number of amidine groups is 1. The van der Waals surface area contributed by atoms with Gasteiger partial charge < -0.3 is 17.2 Å². The average molecular weight is 234 g/mol. The van der Waals surface area contributed by atoms with Crippen LogP contribution in [0, 0.1) is 0 Å². The molecule has 1 aromatic carbocycles. The molecule has 1 atom stereocenters. The maximum atomic E-state index is 11.6. The van der Waals surface area contributed by atoms with Crippen LogP contribution >= 0.6 is 0 Å². The van der Waals surface area contributed by atoms with E-state index in [1.165, 1.54) is 0 Å². The van der Waals surface area contributed by atoms with Crippen molar-refractivity contribution in [2.45, 2.75) is 18.9 Å². The summed E-state index contributed by atoms with van der Waals surface area (Å²) in [5.74, 6) is -0.265. The van der Waals surface area contributed by atoms with Crippen LogP contribution in [0.1, 0.15) is 12.5 Å². The predicted molar refractivity (Wildman–Crippen MR) is 68.4 cm³/mol. The zero-order valence-corrected chi connectivity index (χ0v) is 9.89. The lowest BCUT2D eigenvalue weighted by atomic mass is 9.90. The molecule has 0 aliphatic rings. The van der Waals surface area contributed by atoms with Gasteiger partial charge in [-0.1, -0.05) is 30.3 Å². The SMILES string of the molecule is CC(N)=NC(CN)(Cc1ccccc1)C(N)=O. The van der Waals surface area contributed by atoms with Gasteiger partial charge in [0.15, 0.2) is 5.54 Å². The molecule has 1 rings (SSSR count). The van der Waals surface area contributed by atoms with Crippen LogP contribution in [-0.4, -0.2) is 23.8 Å². The van der Waals surface area contributed by atoms with Crippen molar-refractivity contribution in [2.75, 3.05) is 6.54 Å². The van der Waals surface area contributed by atoms with E-state index < -0.39 is 11.4 Å². The van der Waals surface area contributed by atoms with Crippen molar-refractivity contribution in [3.05, 3.63) is 35.9 Å². The Balaban J connectivity index is 3.07. The van der Waals surface area contributed by atoms with E-state index in [1.54, 1.807) is 6.92 Å². The molecule has 5 heteroatoms. The molecule has 0 fully saturated rings. The largest absolute Gasteiger partial charge is 0.388 e. The molecular weight excluding hydrogens is 216 g/mol. The van der Waals surface area contributed by atoms with Crippen LogP contribution < -0.4 is 17.2 Å². The van der Waals surface area contributed by atoms with Crippen LogP contribution in [0.15, 0.2) is 35.3 Å². The van der Waals surface area contributed by atoms with Crippen molar-refractivity contribution in [1.29, 1.82) is 0 Å². The van der Waals surface area contributed by atoms with Crippen molar-refractivity contribution in [3.8, 4) is 0 Å². The highest BCUT2D eigenvalue weighted by Gasteiger charge is 2.35. The molecule has 0 aliphatic carbocycles. The molecule has 1 unspecified atom stereocenters. The Bertz CT molecular complexity index is 412. The van der Waals surface area contributed by atoms with Gasteiger partial charge in [-0.15, -0.1) is 0 Å². The van der Waals surface area contributed by atoms with Gasteiger partial charge in [0.1, 0.15) is 0 Å². The number of carbonyl (C=O) groups excluding carboxylic acids is 1. The average Bonchev–Trinajstić information content (AvgIpc) is 2.28. The van der Waals surface area contributed by atoms with Gasteiger partial charge >= 0.3 is 0 Å². The van der Waals surface area contributed by atoms with E-state index in [9.17, 15) is 4.79 Å². The van der Waals surface area contributed by atoms with Crippen LogP contribution in [-0.2, 0) is 11.2 Å². The van der Waals surface area contributed by atoms with Gasteiger partial charge in [-0.05, 0) is 12.5 Å². The summed E-state index contributed by atoms with van der Waals surface area (Å²) in [6.45, 7) is 1.64. The third-order valence-corrected chi connectivity index (χ3v) is 2.53. The highest BCUT2D eigenvalue weighted by Crippen LogP contribution is 2.17. The Morgan fingerprint density at radius 1 is 1.29 bits per heavy atom. The summed E-state index contributed by atoms with van der Waals surface area (Å²) in [5.41, 5.74) is 16.4. The molecule has 0 aliphatic heterocycles. The molecule has 0 spiro atoms. The van der Waals surface area contributed by atoms with Crippen molar-refractivity contribution >= 4 is 11.7 Å². The number of nitrogens with zero attached hydrogens (tertiary/aromatic N) is 1. The highest BCUT2D eigenvalue weighted by molar-refractivity contribution is 5.89. The lowest BCUT2D eigenvalue weighted by Crippen LogP contribution is -2.51. The van der Waals surface area contributed by atoms with E-state index in [0.29, 0.717) is 12.3 Å². The van der Waals surface area contributed by atoms with Gasteiger partial charge in [-0.3, -0.25) is 9.79 Å². The Morgan fingerprint density at radius 3 is 2.29 bits per heavy atom. The molecule has 0 radical (unpaired) electrons. The van der Waals surface area contributed by atoms with Crippen molar-refractivity contribution in [2.24, 2.45) is 22.2 Å². The number of primary amides is 1. The molecular formula is C12H18N4O. The fourth-order valence-electron chi connectivity index (χ4n) is 1.67. The number of carbonyl (C=O) groups is 1. The van der Waals surface area contributed by atoms with Crippen LogP contribution in [0.3, 0.4) is 0 Å². The summed E-state index contributed by atoms with van der Waals surface area (Å²) in [4.78, 5) is 15.7. The topological polar surface area (TPSA) is 107 Å². The quantitative estimate of drug-likeness (QED) is 0.484. The van der Waals surface area contributed by atoms with Crippen LogP contribution in [0.4, 0.5) is 0 Å². The van der Waals surface area contributed by atoms with Crippen LogP contribution in [0.2, 0.25) is 0 Å². The second-order valence-corrected chi connectivity index (χ2v) is 4.02. The van der Waals surface area contributed by atoms with E-state index in [4.69, 9.17) is 17.2 Å².